The molecular weight excluding hydrogens is 284 g/mol. The van der Waals surface area contributed by atoms with Gasteiger partial charge in [0.2, 0.25) is 0 Å². The Kier molecular flexibility index (Phi) is 3.42. The van der Waals surface area contributed by atoms with Crippen LogP contribution in [0.15, 0.2) is 18.2 Å². The maximum atomic E-state index is 11.9. The van der Waals surface area contributed by atoms with Gasteiger partial charge < -0.3 is 14.7 Å². The number of benzene rings is 1. The molecule has 0 radical (unpaired) electrons. The van der Waals surface area contributed by atoms with Crippen LogP contribution in [0.1, 0.15) is 20.8 Å². The van der Waals surface area contributed by atoms with E-state index in [9.17, 15) is 9.90 Å². The van der Waals surface area contributed by atoms with Crippen LogP contribution >= 0.6 is 0 Å². The van der Waals surface area contributed by atoms with Crippen molar-refractivity contribution in [2.45, 2.75) is 32.9 Å². The zero-order chi connectivity index (χ0) is 15.9. The lowest BCUT2D eigenvalue weighted by Crippen LogP contribution is -2.52. The fraction of sp³-hybridized carbons (Fsp3) is 0.533. The zero-order valence-electron chi connectivity index (χ0n) is 13.0. The Morgan fingerprint density at radius 3 is 2.82 bits per heavy atom. The van der Waals surface area contributed by atoms with Crippen LogP contribution in [-0.2, 0) is 11.3 Å². The van der Waals surface area contributed by atoms with E-state index in [0.29, 0.717) is 25.6 Å². The van der Waals surface area contributed by atoms with E-state index in [4.69, 9.17) is 4.74 Å². The minimum atomic E-state index is -0.470. The van der Waals surface area contributed by atoms with E-state index in [1.54, 1.807) is 27.8 Å². The lowest BCUT2D eigenvalue weighted by atomic mass is 10.0. The van der Waals surface area contributed by atoms with Crippen molar-refractivity contribution in [1.82, 2.24) is 19.9 Å². The second-order valence-corrected chi connectivity index (χ2v) is 6.70. The van der Waals surface area contributed by atoms with Crippen LogP contribution in [0.5, 0.6) is 5.75 Å². The number of amides is 1. The number of carbonyl (C=O) groups is 1. The average molecular weight is 304 g/mol. The van der Waals surface area contributed by atoms with E-state index < -0.39 is 5.60 Å². The van der Waals surface area contributed by atoms with Gasteiger partial charge >= 0.3 is 6.09 Å². The largest absolute Gasteiger partial charge is 0.508 e. The predicted octanol–water partition coefficient (Wildman–Crippen LogP) is 2.00. The summed E-state index contributed by atoms with van der Waals surface area (Å²) in [5.74, 6) is 0.514. The molecule has 0 atom stereocenters. The van der Waals surface area contributed by atoms with Gasteiger partial charge in [0.1, 0.15) is 16.9 Å². The van der Waals surface area contributed by atoms with Crippen LogP contribution < -0.4 is 0 Å². The normalized spacial score (nSPS) is 15.9. The summed E-state index contributed by atoms with van der Waals surface area (Å²) in [6.07, 6.45) is -0.273. The molecule has 0 spiro atoms. The number of rotatable bonds is 2. The number of aromatic hydroxyl groups is 1. The van der Waals surface area contributed by atoms with Gasteiger partial charge in [-0.1, -0.05) is 5.21 Å². The van der Waals surface area contributed by atoms with E-state index in [1.165, 1.54) is 0 Å². The summed E-state index contributed by atoms with van der Waals surface area (Å²) < 4.78 is 7.10. The topological polar surface area (TPSA) is 80.5 Å². The number of hydrogen-bond donors (Lipinski definition) is 1. The molecule has 0 saturated carbocycles. The Hall–Kier alpha value is -2.31. The quantitative estimate of drug-likeness (QED) is 0.918. The standard InChI is InChI=1S/C15H20N4O3/c1-15(2,3)22-14(21)18-7-10(8-18)9-19-13-6-11(20)4-5-12(13)16-17-19/h4-6,10,20H,7-9H2,1-3H3. The summed E-state index contributed by atoms with van der Waals surface area (Å²) in [7, 11) is 0. The van der Waals surface area contributed by atoms with Crippen molar-refractivity contribution >= 4 is 17.1 Å². The maximum Gasteiger partial charge on any atom is 0.410 e. The summed E-state index contributed by atoms with van der Waals surface area (Å²) in [5.41, 5.74) is 1.08. The minimum Gasteiger partial charge on any atom is -0.508 e. The Bertz CT molecular complexity index is 698. The van der Waals surface area contributed by atoms with Gasteiger partial charge in [-0.2, -0.15) is 0 Å². The van der Waals surface area contributed by atoms with Gasteiger partial charge in [-0.3, -0.25) is 0 Å². The van der Waals surface area contributed by atoms with Gasteiger partial charge in [0.15, 0.2) is 0 Å². The van der Waals surface area contributed by atoms with E-state index in [0.717, 1.165) is 11.0 Å². The third kappa shape index (κ3) is 2.98. The molecule has 1 aromatic heterocycles. The highest BCUT2D eigenvalue weighted by Gasteiger charge is 2.34. The van der Waals surface area contributed by atoms with Crippen molar-refractivity contribution in [1.29, 1.82) is 0 Å². The number of ether oxygens (including phenoxy) is 1. The molecule has 2 heterocycles. The Morgan fingerprint density at radius 2 is 2.14 bits per heavy atom. The van der Waals surface area contributed by atoms with Crippen LogP contribution in [0, 0.1) is 5.92 Å². The number of phenols is 1. The smallest absolute Gasteiger partial charge is 0.410 e. The van der Waals surface area contributed by atoms with Crippen molar-refractivity contribution in [3.63, 3.8) is 0 Å². The number of nitrogens with zero attached hydrogens (tertiary/aromatic N) is 4. The van der Waals surface area contributed by atoms with Gasteiger partial charge in [0.05, 0.1) is 5.52 Å². The first-order valence-electron chi connectivity index (χ1n) is 7.32. The van der Waals surface area contributed by atoms with Crippen LogP contribution in [0.25, 0.3) is 11.0 Å². The van der Waals surface area contributed by atoms with Crippen molar-refractivity contribution in [2.75, 3.05) is 13.1 Å². The highest BCUT2D eigenvalue weighted by atomic mass is 16.6. The molecule has 1 N–H and O–H groups in total. The Balaban J connectivity index is 1.60. The maximum absolute atomic E-state index is 11.9. The number of fused-ring (bicyclic) bond motifs is 1. The third-order valence-electron chi connectivity index (χ3n) is 3.54. The van der Waals surface area contributed by atoms with Crippen LogP contribution in [0.3, 0.4) is 0 Å². The third-order valence-corrected chi connectivity index (χ3v) is 3.54. The molecule has 0 bridgehead atoms. The summed E-state index contributed by atoms with van der Waals surface area (Å²) in [4.78, 5) is 13.6. The number of aromatic nitrogens is 3. The molecule has 1 fully saturated rings. The lowest BCUT2D eigenvalue weighted by molar-refractivity contribution is -0.00371. The average Bonchev–Trinajstić information content (AvgIpc) is 2.73. The fourth-order valence-corrected chi connectivity index (χ4v) is 2.49. The summed E-state index contributed by atoms with van der Waals surface area (Å²) in [6.45, 7) is 7.53. The Labute approximate surface area is 128 Å². The molecule has 7 heteroatoms. The first-order valence-corrected chi connectivity index (χ1v) is 7.32. The van der Waals surface area contributed by atoms with Gasteiger partial charge in [0, 0.05) is 31.6 Å². The zero-order valence-corrected chi connectivity index (χ0v) is 13.0. The number of phenolic OH excluding ortho intramolecular Hbond substituents is 1. The molecule has 2 aromatic rings. The highest BCUT2D eigenvalue weighted by molar-refractivity contribution is 5.75. The predicted molar refractivity (Wildman–Crippen MR) is 80.5 cm³/mol. The van der Waals surface area contributed by atoms with E-state index in [-0.39, 0.29) is 11.8 Å². The number of carbonyl (C=O) groups excluding carboxylic acids is 1. The minimum absolute atomic E-state index is 0.194. The summed E-state index contributed by atoms with van der Waals surface area (Å²) in [5, 5.41) is 17.7. The molecule has 3 rings (SSSR count). The molecule has 1 aliphatic heterocycles. The molecule has 1 saturated heterocycles. The molecule has 118 valence electrons. The Morgan fingerprint density at radius 1 is 1.41 bits per heavy atom. The van der Waals surface area contributed by atoms with Crippen molar-refractivity contribution in [2.24, 2.45) is 5.92 Å². The molecule has 1 aromatic carbocycles. The lowest BCUT2D eigenvalue weighted by Gasteiger charge is -2.39. The SMILES string of the molecule is CC(C)(C)OC(=O)N1CC(Cn2nnc3ccc(O)cc32)C1. The van der Waals surface area contributed by atoms with Crippen molar-refractivity contribution < 1.29 is 14.6 Å². The summed E-state index contributed by atoms with van der Waals surface area (Å²) in [6, 6.07) is 4.98. The van der Waals surface area contributed by atoms with E-state index in [2.05, 4.69) is 10.3 Å². The molecule has 22 heavy (non-hydrogen) atoms. The van der Waals surface area contributed by atoms with Crippen LogP contribution in [0.2, 0.25) is 0 Å². The monoisotopic (exact) mass is 304 g/mol. The first-order chi connectivity index (χ1) is 10.3. The van der Waals surface area contributed by atoms with Crippen molar-refractivity contribution in [3.8, 4) is 5.75 Å². The van der Waals surface area contributed by atoms with Crippen LogP contribution in [-0.4, -0.2) is 49.8 Å². The van der Waals surface area contributed by atoms with Gasteiger partial charge in [-0.15, -0.1) is 5.10 Å². The molecule has 1 aliphatic rings. The molecular formula is C15H20N4O3. The molecule has 1 amide bonds. The highest BCUT2D eigenvalue weighted by Crippen LogP contribution is 2.23. The molecule has 7 nitrogen and oxygen atoms in total. The molecule has 0 unspecified atom stereocenters. The number of likely N-dealkylation sites (tertiary alicyclic amines) is 1. The molecule has 0 aliphatic carbocycles. The number of hydrogen-bond acceptors (Lipinski definition) is 5. The van der Waals surface area contributed by atoms with E-state index >= 15 is 0 Å². The van der Waals surface area contributed by atoms with Crippen LogP contribution in [0.4, 0.5) is 4.79 Å². The fourth-order valence-electron chi connectivity index (χ4n) is 2.49. The van der Waals surface area contributed by atoms with Gasteiger partial charge in [-0.05, 0) is 32.9 Å². The van der Waals surface area contributed by atoms with Gasteiger partial charge in [0.25, 0.3) is 0 Å². The summed E-state index contributed by atoms with van der Waals surface area (Å²) >= 11 is 0. The second-order valence-electron chi connectivity index (χ2n) is 6.70. The van der Waals surface area contributed by atoms with E-state index in [1.807, 2.05) is 20.8 Å². The van der Waals surface area contributed by atoms with Gasteiger partial charge in [-0.25, -0.2) is 9.48 Å². The van der Waals surface area contributed by atoms with Crippen molar-refractivity contribution in [3.05, 3.63) is 18.2 Å². The first kappa shape index (κ1) is 14.6. The second kappa shape index (κ2) is 5.15.